The van der Waals surface area contributed by atoms with Crippen LogP contribution >= 0.6 is 11.3 Å². The van der Waals surface area contributed by atoms with Crippen LogP contribution in [0.15, 0.2) is 5.57 Å². The fraction of sp³-hybridized carbons (Fsp3) is 0.667. The number of rotatable bonds is 5. The van der Waals surface area contributed by atoms with E-state index < -0.39 is 0 Å². The van der Waals surface area contributed by atoms with E-state index in [1.54, 1.807) is 11.3 Å². The van der Waals surface area contributed by atoms with Crippen LogP contribution in [0.1, 0.15) is 79.1 Å². The summed E-state index contributed by atoms with van der Waals surface area (Å²) in [6, 6.07) is 0. The molecule has 2 aliphatic rings. The molecule has 0 spiro atoms. The standard InChI is InChI=1S/C21H30O3S/c1-13(2)12-24-20(23)18-16-10-21(3,4)9-8-17(16)25-19(18)15-7-5-6-14(15)11-22/h13,22H,5-12H2,1-4H3. The number of allylic oxidation sites excluding steroid dienone is 1. The molecule has 0 aromatic carbocycles. The highest BCUT2D eigenvalue weighted by molar-refractivity contribution is 7.13. The Labute approximate surface area is 155 Å². The first-order valence-corrected chi connectivity index (χ1v) is 10.3. The van der Waals surface area contributed by atoms with E-state index in [9.17, 15) is 9.90 Å². The maximum atomic E-state index is 13.0. The molecule has 1 heterocycles. The Kier molecular flexibility index (Phi) is 5.40. The van der Waals surface area contributed by atoms with Crippen molar-refractivity contribution in [1.29, 1.82) is 0 Å². The van der Waals surface area contributed by atoms with E-state index in [0.717, 1.165) is 54.5 Å². The van der Waals surface area contributed by atoms with Gasteiger partial charge in [0.1, 0.15) is 0 Å². The van der Waals surface area contributed by atoms with Crippen LogP contribution in [0.25, 0.3) is 5.57 Å². The van der Waals surface area contributed by atoms with Crippen LogP contribution in [0.4, 0.5) is 0 Å². The van der Waals surface area contributed by atoms with Crippen molar-refractivity contribution in [2.45, 2.75) is 66.2 Å². The van der Waals surface area contributed by atoms with Gasteiger partial charge < -0.3 is 9.84 Å². The summed E-state index contributed by atoms with van der Waals surface area (Å²) in [6.07, 6.45) is 6.11. The molecule has 1 aromatic heterocycles. The summed E-state index contributed by atoms with van der Waals surface area (Å²) >= 11 is 1.77. The second-order valence-electron chi connectivity index (χ2n) is 8.63. The third kappa shape index (κ3) is 3.85. The number of fused-ring (bicyclic) bond motifs is 1. The van der Waals surface area contributed by atoms with E-state index in [1.807, 2.05) is 0 Å². The summed E-state index contributed by atoms with van der Waals surface area (Å²) in [4.78, 5) is 15.4. The molecular formula is C21H30O3S. The fourth-order valence-corrected chi connectivity index (χ4v) is 5.34. The lowest BCUT2D eigenvalue weighted by atomic mass is 9.76. The van der Waals surface area contributed by atoms with E-state index >= 15 is 0 Å². The van der Waals surface area contributed by atoms with Gasteiger partial charge in [0, 0.05) is 9.75 Å². The van der Waals surface area contributed by atoms with E-state index in [1.165, 1.54) is 16.0 Å². The third-order valence-electron chi connectivity index (χ3n) is 5.32. The minimum absolute atomic E-state index is 0.101. The summed E-state index contributed by atoms with van der Waals surface area (Å²) in [5.41, 5.74) is 4.55. The first-order chi connectivity index (χ1) is 11.8. The molecule has 0 radical (unpaired) electrons. The Morgan fingerprint density at radius 3 is 2.72 bits per heavy atom. The zero-order chi connectivity index (χ0) is 18.2. The smallest absolute Gasteiger partial charge is 0.339 e. The molecule has 0 saturated heterocycles. The molecule has 0 atom stereocenters. The van der Waals surface area contributed by atoms with Gasteiger partial charge in [-0.15, -0.1) is 11.3 Å². The quantitative estimate of drug-likeness (QED) is 0.749. The van der Waals surface area contributed by atoms with Gasteiger partial charge in [0.05, 0.1) is 18.8 Å². The Morgan fingerprint density at radius 2 is 2.04 bits per heavy atom. The van der Waals surface area contributed by atoms with Crippen molar-refractivity contribution >= 4 is 22.9 Å². The lowest BCUT2D eigenvalue weighted by Crippen LogP contribution is -2.23. The predicted molar refractivity (Wildman–Crippen MR) is 103 cm³/mol. The van der Waals surface area contributed by atoms with Gasteiger partial charge in [0.15, 0.2) is 0 Å². The van der Waals surface area contributed by atoms with E-state index in [-0.39, 0.29) is 18.0 Å². The zero-order valence-corrected chi connectivity index (χ0v) is 16.7. The number of carbonyl (C=O) groups is 1. The highest BCUT2D eigenvalue weighted by Crippen LogP contribution is 2.46. The molecule has 4 heteroatoms. The van der Waals surface area contributed by atoms with Gasteiger partial charge in [-0.1, -0.05) is 27.7 Å². The number of hydrogen-bond acceptors (Lipinski definition) is 4. The summed E-state index contributed by atoms with van der Waals surface area (Å²) in [6.45, 7) is 9.24. The van der Waals surface area contributed by atoms with Crippen LogP contribution in [-0.2, 0) is 17.6 Å². The van der Waals surface area contributed by atoms with E-state index in [4.69, 9.17) is 4.74 Å². The maximum absolute atomic E-state index is 13.0. The monoisotopic (exact) mass is 362 g/mol. The highest BCUT2D eigenvalue weighted by atomic mass is 32.1. The highest BCUT2D eigenvalue weighted by Gasteiger charge is 2.35. The molecule has 1 aromatic rings. The molecule has 138 valence electrons. The summed E-state index contributed by atoms with van der Waals surface area (Å²) in [5.74, 6) is 0.160. The largest absolute Gasteiger partial charge is 0.462 e. The summed E-state index contributed by atoms with van der Waals surface area (Å²) in [5, 5.41) is 9.72. The Morgan fingerprint density at radius 1 is 1.28 bits per heavy atom. The second-order valence-corrected chi connectivity index (χ2v) is 9.74. The molecular weight excluding hydrogens is 332 g/mol. The van der Waals surface area contributed by atoms with Gasteiger partial charge in [-0.05, 0) is 66.6 Å². The van der Waals surface area contributed by atoms with Crippen molar-refractivity contribution in [2.24, 2.45) is 11.3 Å². The van der Waals surface area contributed by atoms with Crippen LogP contribution in [0.2, 0.25) is 0 Å². The first-order valence-electron chi connectivity index (χ1n) is 9.46. The minimum Gasteiger partial charge on any atom is -0.462 e. The summed E-state index contributed by atoms with van der Waals surface area (Å²) in [7, 11) is 0. The van der Waals surface area contributed by atoms with Gasteiger partial charge in [-0.25, -0.2) is 4.79 Å². The predicted octanol–water partition coefficient (Wildman–Crippen LogP) is 5.01. The number of esters is 1. The van der Waals surface area contributed by atoms with Crippen molar-refractivity contribution in [3.8, 4) is 0 Å². The molecule has 3 rings (SSSR count). The van der Waals surface area contributed by atoms with Gasteiger partial charge in [0.25, 0.3) is 0 Å². The van der Waals surface area contributed by atoms with Crippen LogP contribution in [0.3, 0.4) is 0 Å². The fourth-order valence-electron chi connectivity index (χ4n) is 3.92. The van der Waals surface area contributed by atoms with E-state index in [0.29, 0.717) is 12.5 Å². The van der Waals surface area contributed by atoms with Crippen molar-refractivity contribution in [1.82, 2.24) is 0 Å². The van der Waals surface area contributed by atoms with E-state index in [2.05, 4.69) is 27.7 Å². The molecule has 0 bridgehead atoms. The molecule has 0 unspecified atom stereocenters. The number of aryl methyl sites for hydroxylation is 1. The van der Waals surface area contributed by atoms with Crippen molar-refractivity contribution < 1.29 is 14.6 Å². The molecule has 3 nitrogen and oxygen atoms in total. The molecule has 1 N–H and O–H groups in total. The van der Waals surface area contributed by atoms with Crippen LogP contribution in [-0.4, -0.2) is 24.3 Å². The van der Waals surface area contributed by atoms with Crippen molar-refractivity contribution in [2.75, 3.05) is 13.2 Å². The number of ether oxygens (including phenoxy) is 1. The molecule has 0 aliphatic heterocycles. The topological polar surface area (TPSA) is 46.5 Å². The van der Waals surface area contributed by atoms with Crippen LogP contribution < -0.4 is 0 Å². The molecule has 0 fully saturated rings. The SMILES string of the molecule is CC(C)COC(=O)c1c(C2=C(CO)CCC2)sc2c1CC(C)(C)CC2. The minimum atomic E-state index is -0.171. The van der Waals surface area contributed by atoms with Gasteiger partial charge >= 0.3 is 5.97 Å². The first kappa shape index (κ1) is 18.7. The Hall–Kier alpha value is -1.13. The lowest BCUT2D eigenvalue weighted by Gasteiger charge is -2.29. The van der Waals surface area contributed by atoms with Gasteiger partial charge in [0.2, 0.25) is 0 Å². The molecule has 2 aliphatic carbocycles. The average Bonchev–Trinajstić information content (AvgIpc) is 3.14. The number of thiophene rings is 1. The average molecular weight is 363 g/mol. The third-order valence-corrected chi connectivity index (χ3v) is 6.68. The van der Waals surface area contributed by atoms with Gasteiger partial charge in [-0.3, -0.25) is 0 Å². The molecule has 25 heavy (non-hydrogen) atoms. The van der Waals surface area contributed by atoms with Gasteiger partial charge in [-0.2, -0.15) is 0 Å². The number of aliphatic hydroxyl groups excluding tert-OH is 1. The second kappa shape index (κ2) is 7.24. The van der Waals surface area contributed by atoms with Crippen LogP contribution in [0.5, 0.6) is 0 Å². The zero-order valence-electron chi connectivity index (χ0n) is 15.9. The Balaban J connectivity index is 2.06. The van der Waals surface area contributed by atoms with Crippen molar-refractivity contribution in [3.05, 3.63) is 26.5 Å². The van der Waals surface area contributed by atoms with Crippen molar-refractivity contribution in [3.63, 3.8) is 0 Å². The normalized spacial score (nSPS) is 19.4. The molecule has 0 saturated carbocycles. The Bertz CT molecular complexity index is 694. The molecule has 0 amide bonds. The lowest BCUT2D eigenvalue weighted by molar-refractivity contribution is 0.0457. The van der Waals surface area contributed by atoms with Crippen LogP contribution in [0, 0.1) is 11.3 Å². The number of hydrogen-bond donors (Lipinski definition) is 1. The number of carbonyl (C=O) groups excluding carboxylic acids is 1. The number of aliphatic hydroxyl groups is 1. The maximum Gasteiger partial charge on any atom is 0.339 e. The summed E-state index contributed by atoms with van der Waals surface area (Å²) < 4.78 is 5.63.